The van der Waals surface area contributed by atoms with E-state index in [4.69, 9.17) is 31.5 Å². The molecule has 138 valence electrons. The van der Waals surface area contributed by atoms with Crippen LogP contribution in [0.15, 0.2) is 42.5 Å². The van der Waals surface area contributed by atoms with Gasteiger partial charge in [-0.05, 0) is 42.3 Å². The number of hydrogen-bond acceptors (Lipinski definition) is 5. The van der Waals surface area contributed by atoms with E-state index < -0.39 is 12.6 Å². The molecule has 0 radical (unpaired) electrons. The number of carboxylic acids is 1. The lowest BCUT2D eigenvalue weighted by molar-refractivity contribution is -0.139. The van der Waals surface area contributed by atoms with Gasteiger partial charge in [-0.15, -0.1) is 0 Å². The molecule has 26 heavy (non-hydrogen) atoms. The summed E-state index contributed by atoms with van der Waals surface area (Å²) in [4.78, 5) is 11.2. The highest BCUT2D eigenvalue weighted by Gasteiger charge is 2.10. The number of nitrogens with one attached hydrogen (secondary N) is 1. The van der Waals surface area contributed by atoms with E-state index in [-0.39, 0.29) is 0 Å². The molecular weight excluding hydrogens is 354 g/mol. The van der Waals surface area contributed by atoms with Gasteiger partial charge >= 0.3 is 5.97 Å². The number of hydrogen-bond donors (Lipinski definition) is 2. The van der Waals surface area contributed by atoms with E-state index in [1.165, 1.54) is 12.7 Å². The fourth-order valence-corrected chi connectivity index (χ4v) is 2.51. The third-order valence-corrected chi connectivity index (χ3v) is 4.02. The molecule has 0 atom stereocenters. The number of methoxy groups -OCH3 is 2. The van der Waals surface area contributed by atoms with Crippen molar-refractivity contribution in [1.82, 2.24) is 5.32 Å². The molecule has 0 aliphatic heterocycles. The van der Waals surface area contributed by atoms with Crippen molar-refractivity contribution < 1.29 is 24.1 Å². The van der Waals surface area contributed by atoms with Crippen LogP contribution in [0.1, 0.15) is 11.1 Å². The Balaban J connectivity index is 1.92. The van der Waals surface area contributed by atoms with Crippen molar-refractivity contribution in [2.75, 3.05) is 27.4 Å². The standard InChI is InChI=1S/C19H21NO5S/c1-23-15-6-3-13(4-7-15)9-10-20-19(26)14-5-8-16(17(11-14)24-2)25-12-18(21)22/h3-8,11H,9-10,12H2,1-2H3,(H,20,26)(H,21,22). The largest absolute Gasteiger partial charge is 0.497 e. The van der Waals surface area contributed by atoms with Gasteiger partial charge in [0.2, 0.25) is 0 Å². The van der Waals surface area contributed by atoms with Gasteiger partial charge in [0.1, 0.15) is 10.7 Å². The molecule has 2 aromatic rings. The first kappa shape index (κ1) is 19.5. The summed E-state index contributed by atoms with van der Waals surface area (Å²) in [5, 5.41) is 11.9. The molecule has 0 spiro atoms. The maximum atomic E-state index is 10.6. The Morgan fingerprint density at radius 2 is 1.81 bits per heavy atom. The molecule has 0 unspecified atom stereocenters. The van der Waals surface area contributed by atoms with Crippen molar-refractivity contribution in [1.29, 1.82) is 0 Å². The molecule has 0 aromatic heterocycles. The Morgan fingerprint density at radius 1 is 1.08 bits per heavy atom. The summed E-state index contributed by atoms with van der Waals surface area (Å²) in [6.45, 7) is 0.255. The van der Waals surface area contributed by atoms with Crippen molar-refractivity contribution in [2.45, 2.75) is 6.42 Å². The highest BCUT2D eigenvalue weighted by molar-refractivity contribution is 7.80. The minimum Gasteiger partial charge on any atom is -0.497 e. The summed E-state index contributed by atoms with van der Waals surface area (Å²) in [5.41, 5.74) is 1.95. The zero-order valence-corrected chi connectivity index (χ0v) is 15.5. The predicted octanol–water partition coefficient (Wildman–Crippen LogP) is 2.68. The molecule has 0 fully saturated rings. The normalized spacial score (nSPS) is 10.1. The SMILES string of the molecule is COc1ccc(CCNC(=S)c2ccc(OCC(=O)O)c(OC)c2)cc1. The number of rotatable bonds is 9. The molecule has 7 heteroatoms. The predicted molar refractivity (Wildman–Crippen MR) is 103 cm³/mol. The molecule has 0 heterocycles. The summed E-state index contributed by atoms with van der Waals surface area (Å²) in [6, 6.07) is 13.0. The lowest BCUT2D eigenvalue weighted by Gasteiger charge is -2.13. The quantitative estimate of drug-likeness (QED) is 0.653. The molecule has 0 saturated heterocycles. The third kappa shape index (κ3) is 5.63. The Hall–Kier alpha value is -2.80. The Labute approximate surface area is 157 Å². The van der Waals surface area contributed by atoms with Gasteiger partial charge in [0.05, 0.1) is 14.2 Å². The second kappa shape index (κ2) is 9.62. The van der Waals surface area contributed by atoms with Crippen molar-refractivity contribution in [2.24, 2.45) is 0 Å². The van der Waals surface area contributed by atoms with Crippen molar-refractivity contribution in [3.05, 3.63) is 53.6 Å². The first-order chi connectivity index (χ1) is 12.5. The van der Waals surface area contributed by atoms with Gasteiger partial charge in [-0.1, -0.05) is 24.4 Å². The summed E-state index contributed by atoms with van der Waals surface area (Å²) in [7, 11) is 3.13. The third-order valence-electron chi connectivity index (χ3n) is 3.64. The topological polar surface area (TPSA) is 77.0 Å². The average Bonchev–Trinajstić information content (AvgIpc) is 2.66. The van der Waals surface area contributed by atoms with E-state index in [9.17, 15) is 4.79 Å². The average molecular weight is 375 g/mol. The maximum absolute atomic E-state index is 10.6. The van der Waals surface area contributed by atoms with Gasteiger partial charge in [-0.3, -0.25) is 0 Å². The van der Waals surface area contributed by atoms with Crippen molar-refractivity contribution in [3.63, 3.8) is 0 Å². The summed E-state index contributed by atoms with van der Waals surface area (Å²) in [6.07, 6.45) is 0.821. The fourth-order valence-electron chi connectivity index (χ4n) is 2.28. The van der Waals surface area contributed by atoms with Gasteiger partial charge in [0, 0.05) is 12.1 Å². The van der Waals surface area contributed by atoms with Crippen LogP contribution in [0, 0.1) is 0 Å². The second-order valence-corrected chi connectivity index (χ2v) is 5.81. The molecule has 0 saturated carbocycles. The Kier molecular flexibility index (Phi) is 7.23. The lowest BCUT2D eigenvalue weighted by Crippen LogP contribution is -2.24. The molecule has 0 amide bonds. The van der Waals surface area contributed by atoms with E-state index >= 15 is 0 Å². The van der Waals surface area contributed by atoms with Gasteiger partial charge in [-0.25, -0.2) is 4.79 Å². The summed E-state index contributed by atoms with van der Waals surface area (Å²) >= 11 is 5.41. The number of benzene rings is 2. The van der Waals surface area contributed by atoms with E-state index in [1.807, 2.05) is 24.3 Å². The van der Waals surface area contributed by atoms with Gasteiger partial charge in [0.25, 0.3) is 0 Å². The van der Waals surface area contributed by atoms with Crippen molar-refractivity contribution >= 4 is 23.2 Å². The minimum atomic E-state index is -1.05. The van der Waals surface area contributed by atoms with E-state index in [1.54, 1.807) is 25.3 Å². The molecule has 2 aromatic carbocycles. The second-order valence-electron chi connectivity index (χ2n) is 5.40. The smallest absolute Gasteiger partial charge is 0.341 e. The molecule has 2 N–H and O–H groups in total. The first-order valence-electron chi connectivity index (χ1n) is 7.97. The van der Waals surface area contributed by atoms with E-state index in [0.717, 1.165) is 17.7 Å². The van der Waals surface area contributed by atoms with Crippen LogP contribution in [0.3, 0.4) is 0 Å². The molecular formula is C19H21NO5S. The minimum absolute atomic E-state index is 0.361. The summed E-state index contributed by atoms with van der Waals surface area (Å²) in [5.74, 6) is 0.573. The monoisotopic (exact) mass is 375 g/mol. The highest BCUT2D eigenvalue weighted by atomic mass is 32.1. The number of carbonyl (C=O) groups is 1. The van der Waals surface area contributed by atoms with Crippen LogP contribution in [0.2, 0.25) is 0 Å². The fraction of sp³-hybridized carbons (Fsp3) is 0.263. The zero-order valence-electron chi connectivity index (χ0n) is 14.7. The zero-order chi connectivity index (χ0) is 18.9. The van der Waals surface area contributed by atoms with Crippen molar-refractivity contribution in [3.8, 4) is 17.2 Å². The molecule has 0 aliphatic rings. The van der Waals surface area contributed by atoms with Gasteiger partial charge < -0.3 is 24.6 Å². The van der Waals surface area contributed by atoms with Crippen LogP contribution in [-0.2, 0) is 11.2 Å². The highest BCUT2D eigenvalue weighted by Crippen LogP contribution is 2.28. The number of thiocarbonyl (C=S) groups is 1. The van der Waals surface area contributed by atoms with E-state index in [2.05, 4.69) is 5.32 Å². The number of carboxylic acid groups (broad SMARTS) is 1. The first-order valence-corrected chi connectivity index (χ1v) is 8.38. The Morgan fingerprint density at radius 3 is 2.42 bits per heavy atom. The van der Waals surface area contributed by atoms with E-state index in [0.29, 0.717) is 23.0 Å². The van der Waals surface area contributed by atoms with Crippen LogP contribution in [0.4, 0.5) is 0 Å². The van der Waals surface area contributed by atoms with Crippen LogP contribution in [0.25, 0.3) is 0 Å². The maximum Gasteiger partial charge on any atom is 0.341 e. The number of aliphatic carboxylic acids is 1. The molecule has 0 aliphatic carbocycles. The molecule has 6 nitrogen and oxygen atoms in total. The Bertz CT molecular complexity index is 761. The van der Waals surface area contributed by atoms with Crippen LogP contribution in [-0.4, -0.2) is 43.4 Å². The number of ether oxygens (including phenoxy) is 3. The van der Waals surface area contributed by atoms with Gasteiger partial charge in [-0.2, -0.15) is 0 Å². The van der Waals surface area contributed by atoms with Crippen LogP contribution < -0.4 is 19.5 Å². The summed E-state index contributed by atoms with van der Waals surface area (Å²) < 4.78 is 15.6. The molecule has 2 rings (SSSR count). The lowest BCUT2D eigenvalue weighted by atomic mass is 10.1. The van der Waals surface area contributed by atoms with Gasteiger partial charge in [0.15, 0.2) is 18.1 Å². The molecule has 0 bridgehead atoms. The van der Waals surface area contributed by atoms with Crippen LogP contribution >= 0.6 is 12.2 Å². The van der Waals surface area contributed by atoms with Crippen LogP contribution in [0.5, 0.6) is 17.2 Å².